The Hall–Kier alpha value is -4.45. The maximum absolute atomic E-state index is 9.39. The summed E-state index contributed by atoms with van der Waals surface area (Å²) < 4.78 is 1.73. The number of pyridine rings is 2. The van der Waals surface area contributed by atoms with E-state index in [4.69, 9.17) is 10.7 Å². The van der Waals surface area contributed by atoms with E-state index in [0.29, 0.717) is 16.7 Å². The van der Waals surface area contributed by atoms with Crippen LogP contribution in [0.2, 0.25) is 0 Å². The molecule has 0 unspecified atom stereocenters. The van der Waals surface area contributed by atoms with Gasteiger partial charge in [-0.05, 0) is 43.7 Å². The van der Waals surface area contributed by atoms with E-state index < -0.39 is 5.41 Å². The number of hydrogen-bond donors (Lipinski definition) is 1. The summed E-state index contributed by atoms with van der Waals surface area (Å²) in [6, 6.07) is 13.8. The van der Waals surface area contributed by atoms with Crippen molar-refractivity contribution in [2.24, 2.45) is 0 Å². The molecule has 2 N–H and O–H groups in total. The number of benzene rings is 1. The van der Waals surface area contributed by atoms with Gasteiger partial charge in [-0.3, -0.25) is 4.98 Å². The van der Waals surface area contributed by atoms with Crippen LogP contribution < -0.4 is 5.73 Å². The summed E-state index contributed by atoms with van der Waals surface area (Å²) in [5, 5.41) is 18.0. The summed E-state index contributed by atoms with van der Waals surface area (Å²) in [5.41, 5.74) is 11.0. The van der Waals surface area contributed by atoms with Gasteiger partial charge < -0.3 is 5.73 Å². The normalized spacial score (nSPS) is 11.6. The largest absolute Gasteiger partial charge is 0.368 e. The molecule has 1 aromatic carbocycles. The molecule has 4 heterocycles. The van der Waals surface area contributed by atoms with Gasteiger partial charge in [-0.1, -0.05) is 17.3 Å². The zero-order valence-electron chi connectivity index (χ0n) is 16.9. The van der Waals surface area contributed by atoms with Crippen molar-refractivity contribution >= 4 is 28.0 Å². The van der Waals surface area contributed by atoms with Gasteiger partial charge in [0.25, 0.3) is 0 Å². The molecule has 0 atom stereocenters. The van der Waals surface area contributed by atoms with Crippen LogP contribution in [0.15, 0.2) is 55.0 Å². The fraction of sp³-hybridized carbons (Fsp3) is 0.136. The highest BCUT2D eigenvalue weighted by Gasteiger charge is 2.20. The summed E-state index contributed by atoms with van der Waals surface area (Å²) in [6.45, 7) is 3.77. The molecule has 0 aliphatic rings. The number of rotatable bonds is 3. The Kier molecular flexibility index (Phi) is 4.08. The lowest BCUT2D eigenvalue weighted by molar-refractivity contribution is 0.686. The molecule has 0 radical (unpaired) electrons. The number of nitrogen functional groups attached to an aromatic ring is 1. The standard InChI is InChI=1S/C22H17N9/c1-22(2,12-23)14-3-5-15(6-4-14)31-20-18(29-30-31)11-25-17-8-7-16(28-19(17)20)13-9-26-21(24)27-10-13/h3-11H,1-2H3,(H2,24,26,27). The summed E-state index contributed by atoms with van der Waals surface area (Å²) in [4.78, 5) is 17.4. The third kappa shape index (κ3) is 3.11. The lowest BCUT2D eigenvalue weighted by atomic mass is 9.86. The highest BCUT2D eigenvalue weighted by molar-refractivity contribution is 6.00. The van der Waals surface area contributed by atoms with Gasteiger partial charge in [-0.15, -0.1) is 5.10 Å². The van der Waals surface area contributed by atoms with E-state index in [1.165, 1.54) is 0 Å². The molecule has 31 heavy (non-hydrogen) atoms. The maximum atomic E-state index is 9.39. The maximum Gasteiger partial charge on any atom is 0.219 e. The van der Waals surface area contributed by atoms with Gasteiger partial charge in [0.05, 0.1) is 34.6 Å². The molecule has 5 aromatic rings. The summed E-state index contributed by atoms with van der Waals surface area (Å²) in [6.07, 6.45) is 4.95. The van der Waals surface area contributed by atoms with E-state index >= 15 is 0 Å². The predicted molar refractivity (Wildman–Crippen MR) is 116 cm³/mol. The molecule has 5 rings (SSSR count). The Labute approximate surface area is 177 Å². The Balaban J connectivity index is 1.68. The molecule has 0 saturated heterocycles. The smallest absolute Gasteiger partial charge is 0.219 e. The minimum absolute atomic E-state index is 0.207. The van der Waals surface area contributed by atoms with E-state index in [-0.39, 0.29) is 5.95 Å². The molecule has 0 aliphatic carbocycles. The molecular formula is C22H17N9. The molecule has 9 nitrogen and oxygen atoms in total. The first-order valence-electron chi connectivity index (χ1n) is 9.57. The van der Waals surface area contributed by atoms with Crippen molar-refractivity contribution in [1.82, 2.24) is 34.9 Å². The van der Waals surface area contributed by atoms with E-state index in [1.54, 1.807) is 23.3 Å². The van der Waals surface area contributed by atoms with Crippen LogP contribution in [0.4, 0.5) is 5.95 Å². The second kappa shape index (κ2) is 6.81. The molecular weight excluding hydrogens is 390 g/mol. The van der Waals surface area contributed by atoms with Crippen molar-refractivity contribution in [2.75, 3.05) is 5.73 Å². The third-order valence-corrected chi connectivity index (χ3v) is 5.20. The zero-order chi connectivity index (χ0) is 21.6. The quantitative estimate of drug-likeness (QED) is 0.482. The molecule has 0 fully saturated rings. The number of anilines is 1. The number of aromatic nitrogens is 7. The van der Waals surface area contributed by atoms with E-state index in [0.717, 1.165) is 27.8 Å². The minimum atomic E-state index is -0.572. The summed E-state index contributed by atoms with van der Waals surface area (Å²) in [7, 11) is 0. The van der Waals surface area contributed by atoms with Crippen molar-refractivity contribution in [3.63, 3.8) is 0 Å². The van der Waals surface area contributed by atoms with Crippen LogP contribution in [0, 0.1) is 11.3 Å². The topological polar surface area (TPSA) is 132 Å². The lowest BCUT2D eigenvalue weighted by Gasteiger charge is -2.16. The fourth-order valence-electron chi connectivity index (χ4n) is 3.36. The van der Waals surface area contributed by atoms with Gasteiger partial charge >= 0.3 is 0 Å². The number of nitrogens with zero attached hydrogens (tertiary/aromatic N) is 8. The Morgan fingerprint density at radius 3 is 2.39 bits per heavy atom. The van der Waals surface area contributed by atoms with E-state index in [1.807, 2.05) is 50.2 Å². The molecule has 0 bridgehead atoms. The Bertz CT molecular complexity index is 1460. The van der Waals surface area contributed by atoms with Crippen molar-refractivity contribution < 1.29 is 0 Å². The van der Waals surface area contributed by atoms with Crippen LogP contribution in [0.1, 0.15) is 19.4 Å². The minimum Gasteiger partial charge on any atom is -0.368 e. The van der Waals surface area contributed by atoms with Gasteiger partial charge in [0, 0.05) is 18.0 Å². The van der Waals surface area contributed by atoms with Gasteiger partial charge in [0.2, 0.25) is 5.95 Å². The summed E-state index contributed by atoms with van der Waals surface area (Å²) >= 11 is 0. The molecule has 0 amide bonds. The number of hydrogen-bond acceptors (Lipinski definition) is 8. The van der Waals surface area contributed by atoms with Crippen LogP contribution in [0.3, 0.4) is 0 Å². The molecule has 0 aliphatic heterocycles. The van der Waals surface area contributed by atoms with Crippen LogP contribution >= 0.6 is 0 Å². The Morgan fingerprint density at radius 1 is 0.935 bits per heavy atom. The van der Waals surface area contributed by atoms with Crippen LogP contribution in [0.25, 0.3) is 39.0 Å². The third-order valence-electron chi connectivity index (χ3n) is 5.20. The first-order valence-corrected chi connectivity index (χ1v) is 9.57. The van der Waals surface area contributed by atoms with Crippen molar-refractivity contribution in [3.05, 3.63) is 60.6 Å². The second-order valence-electron chi connectivity index (χ2n) is 7.67. The van der Waals surface area contributed by atoms with Crippen LogP contribution in [0.5, 0.6) is 0 Å². The van der Waals surface area contributed by atoms with E-state index in [9.17, 15) is 5.26 Å². The fourth-order valence-corrected chi connectivity index (χ4v) is 3.36. The zero-order valence-corrected chi connectivity index (χ0v) is 16.9. The highest BCUT2D eigenvalue weighted by atomic mass is 15.4. The molecule has 0 spiro atoms. The van der Waals surface area contributed by atoms with Crippen molar-refractivity contribution in [1.29, 1.82) is 5.26 Å². The van der Waals surface area contributed by atoms with Crippen LogP contribution in [-0.4, -0.2) is 34.9 Å². The Morgan fingerprint density at radius 2 is 1.68 bits per heavy atom. The number of nitriles is 1. The predicted octanol–water partition coefficient (Wildman–Crippen LogP) is 3.20. The average molecular weight is 407 g/mol. The first-order chi connectivity index (χ1) is 15.0. The van der Waals surface area contributed by atoms with E-state index in [2.05, 4.69) is 31.3 Å². The first kappa shape index (κ1) is 18.6. The number of nitrogens with two attached hydrogens (primary N) is 1. The second-order valence-corrected chi connectivity index (χ2v) is 7.67. The van der Waals surface area contributed by atoms with Gasteiger partial charge in [0.1, 0.15) is 16.6 Å². The van der Waals surface area contributed by atoms with Crippen LogP contribution in [-0.2, 0) is 5.41 Å². The summed E-state index contributed by atoms with van der Waals surface area (Å²) in [5.74, 6) is 0.207. The molecule has 9 heteroatoms. The number of fused-ring (bicyclic) bond motifs is 3. The van der Waals surface area contributed by atoms with Gasteiger partial charge in [-0.25, -0.2) is 19.6 Å². The molecule has 4 aromatic heterocycles. The SMILES string of the molecule is CC(C)(C#N)c1ccc(-n2nnc3cnc4ccc(-c5cnc(N)nc5)nc4c32)cc1. The average Bonchev–Trinajstić information content (AvgIpc) is 3.24. The highest BCUT2D eigenvalue weighted by Crippen LogP contribution is 2.28. The van der Waals surface area contributed by atoms with Gasteiger partial charge in [-0.2, -0.15) is 5.26 Å². The molecule has 150 valence electrons. The molecule has 0 saturated carbocycles. The lowest BCUT2D eigenvalue weighted by Crippen LogP contribution is -2.13. The van der Waals surface area contributed by atoms with Crippen molar-refractivity contribution in [3.8, 4) is 23.0 Å². The monoisotopic (exact) mass is 407 g/mol. The van der Waals surface area contributed by atoms with Crippen molar-refractivity contribution in [2.45, 2.75) is 19.3 Å². The van der Waals surface area contributed by atoms with Gasteiger partial charge in [0.15, 0.2) is 0 Å².